The highest BCUT2D eigenvalue weighted by Gasteiger charge is 2.20. The van der Waals surface area contributed by atoms with Crippen molar-refractivity contribution in [3.8, 4) is 0 Å². The van der Waals surface area contributed by atoms with Gasteiger partial charge in [-0.05, 0) is 0 Å². The number of rotatable bonds is 0. The summed E-state index contributed by atoms with van der Waals surface area (Å²) < 4.78 is 0. The first-order valence-electron chi connectivity index (χ1n) is 3.06. The highest BCUT2D eigenvalue weighted by Crippen LogP contribution is 1.99. The number of hydrogen-bond acceptors (Lipinski definition) is 2. The van der Waals surface area contributed by atoms with E-state index in [-0.39, 0.29) is 6.03 Å². The zero-order valence-electron chi connectivity index (χ0n) is 5.26. The van der Waals surface area contributed by atoms with Gasteiger partial charge in [-0.3, -0.25) is 0 Å². The molecule has 4 nitrogen and oxygen atoms in total. The number of hydrogen-bond donors (Lipinski definition) is 2. The Morgan fingerprint density at radius 3 is 1.89 bits per heavy atom. The van der Waals surface area contributed by atoms with Gasteiger partial charge in [-0.15, -0.1) is 0 Å². The minimum absolute atomic E-state index is 0.296. The van der Waals surface area contributed by atoms with Gasteiger partial charge in [0, 0.05) is 26.2 Å². The molecule has 2 fully saturated rings. The van der Waals surface area contributed by atoms with Crippen LogP contribution in [0.1, 0.15) is 0 Å². The molecule has 2 aliphatic rings. The molecule has 0 radical (unpaired) electrons. The second kappa shape index (κ2) is 2.68. The molecule has 2 saturated heterocycles. The van der Waals surface area contributed by atoms with Gasteiger partial charge in [0.25, 0.3) is 0 Å². The second-order valence-electron chi connectivity index (χ2n) is 2.08. The summed E-state index contributed by atoms with van der Waals surface area (Å²) >= 11 is 0. The monoisotopic (exact) mass is 129 g/mol. The lowest BCUT2D eigenvalue weighted by Crippen LogP contribution is -2.17. The van der Waals surface area contributed by atoms with E-state index in [9.17, 15) is 4.79 Å². The third-order valence-electron chi connectivity index (χ3n) is 1.01. The summed E-state index contributed by atoms with van der Waals surface area (Å²) in [7, 11) is 0. The van der Waals surface area contributed by atoms with Crippen LogP contribution in [-0.4, -0.2) is 37.1 Å². The number of carbonyl (C=O) groups excluding carboxylic acids is 1. The molecule has 2 rings (SSSR count). The number of nitrogens with one attached hydrogen (secondary N) is 1. The maximum Gasteiger partial charge on any atom is 0.314 e. The van der Waals surface area contributed by atoms with Crippen molar-refractivity contribution < 1.29 is 4.79 Å². The third-order valence-corrected chi connectivity index (χ3v) is 1.01. The Bertz CT molecular complexity index is 106. The van der Waals surface area contributed by atoms with Crippen LogP contribution in [0.3, 0.4) is 0 Å². The minimum Gasteiger partial charge on any atom is -0.351 e. The quantitative estimate of drug-likeness (QED) is 0.411. The molecular weight excluding hydrogens is 118 g/mol. The number of nitrogens with two attached hydrogens (primary N) is 1. The number of nitrogens with zero attached hydrogens (tertiary/aromatic N) is 1. The Balaban J connectivity index is 0.000000112. The highest BCUT2D eigenvalue weighted by molar-refractivity contribution is 5.74. The van der Waals surface area contributed by atoms with Crippen LogP contribution in [0.4, 0.5) is 4.79 Å². The second-order valence-corrected chi connectivity index (χ2v) is 2.08. The first kappa shape index (κ1) is 6.35. The minimum atomic E-state index is -0.296. The van der Waals surface area contributed by atoms with Gasteiger partial charge in [0.1, 0.15) is 0 Å². The van der Waals surface area contributed by atoms with E-state index in [0.717, 1.165) is 13.1 Å². The van der Waals surface area contributed by atoms with Crippen LogP contribution in [-0.2, 0) is 0 Å². The lowest BCUT2D eigenvalue weighted by atomic mass is 11.0. The lowest BCUT2D eigenvalue weighted by molar-refractivity contribution is 0.238. The van der Waals surface area contributed by atoms with Crippen molar-refractivity contribution in [2.75, 3.05) is 26.2 Å². The molecule has 0 saturated carbocycles. The van der Waals surface area contributed by atoms with Crippen molar-refractivity contribution in [3.05, 3.63) is 0 Å². The van der Waals surface area contributed by atoms with Gasteiger partial charge in [-0.2, -0.15) is 0 Å². The third kappa shape index (κ3) is 3.78. The molecule has 0 bridgehead atoms. The Hall–Kier alpha value is -0.770. The number of primary amides is 1. The lowest BCUT2D eigenvalue weighted by Gasteiger charge is -1.85. The molecule has 2 amide bonds. The van der Waals surface area contributed by atoms with Gasteiger partial charge in [0.2, 0.25) is 0 Å². The molecule has 2 heterocycles. The van der Waals surface area contributed by atoms with Crippen molar-refractivity contribution in [2.45, 2.75) is 0 Å². The number of carbonyl (C=O) groups is 1. The van der Waals surface area contributed by atoms with Crippen molar-refractivity contribution in [1.29, 1.82) is 0 Å². The van der Waals surface area contributed by atoms with Crippen LogP contribution >= 0.6 is 0 Å². The Morgan fingerprint density at radius 2 is 1.89 bits per heavy atom. The summed E-state index contributed by atoms with van der Waals surface area (Å²) in [4.78, 5) is 11.5. The van der Waals surface area contributed by atoms with Gasteiger partial charge in [0.15, 0.2) is 0 Å². The van der Waals surface area contributed by atoms with Crippen LogP contribution < -0.4 is 11.1 Å². The molecule has 52 valence electrons. The van der Waals surface area contributed by atoms with Gasteiger partial charge in [-0.1, -0.05) is 0 Å². The molecule has 0 aromatic heterocycles. The number of urea groups is 1. The summed E-state index contributed by atoms with van der Waals surface area (Å²) in [5.74, 6) is 0. The van der Waals surface area contributed by atoms with E-state index < -0.39 is 0 Å². The van der Waals surface area contributed by atoms with Crippen LogP contribution in [0.5, 0.6) is 0 Å². The molecule has 0 unspecified atom stereocenters. The summed E-state index contributed by atoms with van der Waals surface area (Å²) in [5, 5.41) is 3.00. The Labute approximate surface area is 54.0 Å². The first-order valence-corrected chi connectivity index (χ1v) is 3.06. The fourth-order valence-corrected chi connectivity index (χ4v) is 0.270. The maximum atomic E-state index is 9.91. The van der Waals surface area contributed by atoms with Crippen molar-refractivity contribution >= 4 is 6.03 Å². The summed E-state index contributed by atoms with van der Waals surface area (Å²) in [6, 6.07) is -0.296. The predicted molar refractivity (Wildman–Crippen MR) is 34.0 cm³/mol. The maximum absolute atomic E-state index is 9.91. The smallest absolute Gasteiger partial charge is 0.314 e. The van der Waals surface area contributed by atoms with Gasteiger partial charge in [-0.25, -0.2) is 4.79 Å². The molecule has 4 heteroatoms. The largest absolute Gasteiger partial charge is 0.351 e. The van der Waals surface area contributed by atoms with Crippen molar-refractivity contribution in [3.63, 3.8) is 0 Å². The molecular formula is C5H11N3O. The van der Waals surface area contributed by atoms with E-state index in [1.54, 1.807) is 4.90 Å². The molecule has 0 atom stereocenters. The zero-order valence-corrected chi connectivity index (χ0v) is 5.26. The molecule has 2 aliphatic heterocycles. The highest BCUT2D eigenvalue weighted by atomic mass is 16.2. The fourth-order valence-electron chi connectivity index (χ4n) is 0.270. The van der Waals surface area contributed by atoms with Gasteiger partial charge in [0.05, 0.1) is 0 Å². The molecule has 0 aromatic carbocycles. The van der Waals surface area contributed by atoms with Crippen molar-refractivity contribution in [1.82, 2.24) is 10.2 Å². The van der Waals surface area contributed by atoms with Gasteiger partial charge >= 0.3 is 6.03 Å². The first-order chi connectivity index (χ1) is 4.30. The SMILES string of the molecule is C1CN1.NC(=O)N1CC1. The van der Waals surface area contributed by atoms with Crippen LogP contribution in [0.2, 0.25) is 0 Å². The predicted octanol–water partition coefficient (Wildman–Crippen LogP) is -1.03. The molecule has 0 spiro atoms. The average molecular weight is 129 g/mol. The summed E-state index contributed by atoms with van der Waals surface area (Å²) in [5.41, 5.74) is 4.78. The van der Waals surface area contributed by atoms with E-state index in [0.29, 0.717) is 0 Å². The van der Waals surface area contributed by atoms with Crippen LogP contribution in [0.25, 0.3) is 0 Å². The van der Waals surface area contributed by atoms with E-state index in [2.05, 4.69) is 5.32 Å². The Kier molecular flexibility index (Phi) is 1.89. The topological polar surface area (TPSA) is 68.0 Å². The van der Waals surface area contributed by atoms with Crippen LogP contribution in [0, 0.1) is 0 Å². The van der Waals surface area contributed by atoms with E-state index in [1.165, 1.54) is 13.1 Å². The van der Waals surface area contributed by atoms with E-state index in [4.69, 9.17) is 5.73 Å². The molecule has 0 aromatic rings. The average Bonchev–Trinajstić information content (AvgIpc) is 2.64. The van der Waals surface area contributed by atoms with Gasteiger partial charge < -0.3 is 16.0 Å². The number of amides is 2. The van der Waals surface area contributed by atoms with E-state index >= 15 is 0 Å². The Morgan fingerprint density at radius 1 is 1.44 bits per heavy atom. The van der Waals surface area contributed by atoms with Crippen molar-refractivity contribution in [2.24, 2.45) is 5.73 Å². The normalized spacial score (nSPS) is 19.8. The molecule has 9 heavy (non-hydrogen) atoms. The molecule has 0 aliphatic carbocycles. The van der Waals surface area contributed by atoms with E-state index in [1.807, 2.05) is 0 Å². The summed E-state index contributed by atoms with van der Waals surface area (Å²) in [6.07, 6.45) is 0. The molecule has 3 N–H and O–H groups in total. The van der Waals surface area contributed by atoms with Crippen LogP contribution in [0.15, 0.2) is 0 Å². The zero-order chi connectivity index (χ0) is 6.69. The summed E-state index contributed by atoms with van der Waals surface area (Å²) in [6.45, 7) is 4.21. The standard InChI is InChI=1S/C3H6N2O.C2H5N/c4-3(6)5-1-2-5;1-2-3-1/h1-2H2,(H2,4,6);3H,1-2H2. The fraction of sp³-hybridized carbons (Fsp3) is 0.800.